The molecule has 0 spiro atoms. The average molecular weight is 195 g/mol. The Morgan fingerprint density at radius 3 is 2.62 bits per heavy atom. The fourth-order valence-electron chi connectivity index (χ4n) is 1.07. The Kier molecular flexibility index (Phi) is 2.89. The minimum atomic E-state index is -0.0417. The molecule has 0 aliphatic rings. The van der Waals surface area contributed by atoms with Crippen LogP contribution in [0.1, 0.15) is 22.8 Å². The number of hydrogen-bond acceptors (Lipinski definition) is 1. The van der Waals surface area contributed by atoms with Gasteiger partial charge in [-0.1, -0.05) is 24.2 Å². The maximum absolute atomic E-state index is 11.6. The summed E-state index contributed by atoms with van der Waals surface area (Å²) in [5.41, 5.74) is 2.10. The Labute approximate surface area is 83.0 Å². The number of hydrogen-bond donors (Lipinski definition) is 0. The molecule has 0 saturated carbocycles. The van der Waals surface area contributed by atoms with E-state index < -0.39 is 0 Å². The molecular formula is C11H11ClO. The van der Waals surface area contributed by atoms with Gasteiger partial charge in [0.2, 0.25) is 0 Å². The van der Waals surface area contributed by atoms with Gasteiger partial charge in [0.05, 0.1) is 0 Å². The fourth-order valence-corrected chi connectivity index (χ4v) is 1.24. The second-order valence-electron chi connectivity index (χ2n) is 3.07. The summed E-state index contributed by atoms with van der Waals surface area (Å²) in [7, 11) is 0. The SMILES string of the molecule is C=C(C)C(=O)c1cc(Cl)ccc1C. The summed E-state index contributed by atoms with van der Waals surface area (Å²) in [6, 6.07) is 5.28. The highest BCUT2D eigenvalue weighted by Crippen LogP contribution is 2.17. The van der Waals surface area contributed by atoms with Gasteiger partial charge in [0.15, 0.2) is 5.78 Å². The standard InChI is InChI=1S/C11H11ClO/c1-7(2)11(13)10-6-9(12)5-4-8(10)3/h4-6H,1H2,2-3H3. The zero-order valence-electron chi connectivity index (χ0n) is 7.73. The maximum Gasteiger partial charge on any atom is 0.188 e. The van der Waals surface area contributed by atoms with Crippen LogP contribution in [0.3, 0.4) is 0 Å². The van der Waals surface area contributed by atoms with Gasteiger partial charge in [-0.3, -0.25) is 4.79 Å². The zero-order valence-corrected chi connectivity index (χ0v) is 8.48. The van der Waals surface area contributed by atoms with E-state index in [2.05, 4.69) is 6.58 Å². The molecule has 0 aliphatic carbocycles. The highest BCUT2D eigenvalue weighted by atomic mass is 35.5. The van der Waals surface area contributed by atoms with Gasteiger partial charge in [0, 0.05) is 10.6 Å². The van der Waals surface area contributed by atoms with Crippen molar-refractivity contribution >= 4 is 17.4 Å². The number of aryl methyl sites for hydroxylation is 1. The lowest BCUT2D eigenvalue weighted by Crippen LogP contribution is -2.01. The van der Waals surface area contributed by atoms with Crippen LogP contribution in [0.25, 0.3) is 0 Å². The Morgan fingerprint density at radius 1 is 1.46 bits per heavy atom. The van der Waals surface area contributed by atoms with Gasteiger partial charge in [-0.15, -0.1) is 0 Å². The summed E-state index contributed by atoms with van der Waals surface area (Å²) in [4.78, 5) is 11.6. The molecule has 0 aromatic heterocycles. The molecule has 0 heterocycles. The summed E-state index contributed by atoms with van der Waals surface area (Å²) < 4.78 is 0. The van der Waals surface area contributed by atoms with Crippen molar-refractivity contribution in [1.82, 2.24) is 0 Å². The van der Waals surface area contributed by atoms with Crippen LogP contribution in [0.5, 0.6) is 0 Å². The van der Waals surface area contributed by atoms with Crippen molar-refractivity contribution in [2.24, 2.45) is 0 Å². The van der Waals surface area contributed by atoms with E-state index in [1.54, 1.807) is 19.1 Å². The molecule has 0 unspecified atom stereocenters. The predicted molar refractivity (Wildman–Crippen MR) is 55.3 cm³/mol. The summed E-state index contributed by atoms with van der Waals surface area (Å²) in [6.45, 7) is 7.19. The first kappa shape index (κ1) is 10.0. The first-order valence-corrected chi connectivity index (χ1v) is 4.36. The molecule has 0 amide bonds. The molecule has 13 heavy (non-hydrogen) atoms. The lowest BCUT2D eigenvalue weighted by Gasteiger charge is -2.04. The third-order valence-electron chi connectivity index (χ3n) is 1.83. The summed E-state index contributed by atoms with van der Waals surface area (Å²) in [6.07, 6.45) is 0. The molecule has 1 aromatic rings. The molecule has 0 radical (unpaired) electrons. The smallest absolute Gasteiger partial charge is 0.188 e. The van der Waals surface area contributed by atoms with Crippen LogP contribution < -0.4 is 0 Å². The van der Waals surface area contributed by atoms with Crippen LogP contribution in [0.2, 0.25) is 5.02 Å². The van der Waals surface area contributed by atoms with Gasteiger partial charge in [-0.05, 0) is 37.1 Å². The second-order valence-corrected chi connectivity index (χ2v) is 3.51. The van der Waals surface area contributed by atoms with Crippen LogP contribution >= 0.6 is 11.6 Å². The molecule has 1 nitrogen and oxygen atoms in total. The third kappa shape index (κ3) is 2.19. The predicted octanol–water partition coefficient (Wildman–Crippen LogP) is 3.41. The number of ketones is 1. The van der Waals surface area contributed by atoms with E-state index in [0.717, 1.165) is 5.56 Å². The van der Waals surface area contributed by atoms with E-state index in [-0.39, 0.29) is 5.78 Å². The van der Waals surface area contributed by atoms with Gasteiger partial charge in [0.25, 0.3) is 0 Å². The molecule has 2 heteroatoms. The van der Waals surface area contributed by atoms with Gasteiger partial charge in [-0.2, -0.15) is 0 Å². The van der Waals surface area contributed by atoms with Crippen LogP contribution in [0.15, 0.2) is 30.4 Å². The zero-order chi connectivity index (χ0) is 10.0. The molecule has 0 fully saturated rings. The largest absolute Gasteiger partial charge is 0.289 e. The number of carbonyl (C=O) groups is 1. The number of halogens is 1. The highest BCUT2D eigenvalue weighted by Gasteiger charge is 2.09. The topological polar surface area (TPSA) is 17.1 Å². The van der Waals surface area contributed by atoms with Crippen LogP contribution in [0.4, 0.5) is 0 Å². The van der Waals surface area contributed by atoms with E-state index in [4.69, 9.17) is 11.6 Å². The van der Waals surface area contributed by atoms with Crippen molar-refractivity contribution < 1.29 is 4.79 Å². The molecule has 0 aliphatic heterocycles. The lowest BCUT2D eigenvalue weighted by atomic mass is 10.0. The quantitative estimate of drug-likeness (QED) is 0.521. The summed E-state index contributed by atoms with van der Waals surface area (Å²) in [5, 5.41) is 0.579. The highest BCUT2D eigenvalue weighted by molar-refractivity contribution is 6.31. The van der Waals surface area contributed by atoms with Crippen molar-refractivity contribution in [1.29, 1.82) is 0 Å². The van der Waals surface area contributed by atoms with Crippen molar-refractivity contribution in [3.05, 3.63) is 46.5 Å². The molecule has 0 N–H and O–H groups in total. The maximum atomic E-state index is 11.6. The molecule has 1 rings (SSSR count). The average Bonchev–Trinajstić information content (AvgIpc) is 2.08. The van der Waals surface area contributed by atoms with Crippen LogP contribution in [0, 0.1) is 6.92 Å². The van der Waals surface area contributed by atoms with Gasteiger partial charge >= 0.3 is 0 Å². The van der Waals surface area contributed by atoms with E-state index in [1.807, 2.05) is 13.0 Å². The number of rotatable bonds is 2. The van der Waals surface area contributed by atoms with E-state index in [0.29, 0.717) is 16.2 Å². The van der Waals surface area contributed by atoms with Crippen molar-refractivity contribution in [2.45, 2.75) is 13.8 Å². The van der Waals surface area contributed by atoms with E-state index in [9.17, 15) is 4.79 Å². The van der Waals surface area contributed by atoms with Gasteiger partial charge < -0.3 is 0 Å². The van der Waals surface area contributed by atoms with Crippen molar-refractivity contribution in [2.75, 3.05) is 0 Å². The molecule has 0 bridgehead atoms. The Bertz CT molecular complexity index is 366. The lowest BCUT2D eigenvalue weighted by molar-refractivity contribution is 0.103. The van der Waals surface area contributed by atoms with E-state index in [1.165, 1.54) is 0 Å². The summed E-state index contributed by atoms with van der Waals surface area (Å²) >= 11 is 5.78. The normalized spacial score (nSPS) is 9.77. The van der Waals surface area contributed by atoms with Crippen molar-refractivity contribution in [3.63, 3.8) is 0 Å². The number of Topliss-reactive ketones (excluding diaryl/α,β-unsaturated/α-hetero) is 1. The Morgan fingerprint density at radius 2 is 2.08 bits per heavy atom. The first-order chi connectivity index (χ1) is 6.02. The number of carbonyl (C=O) groups excluding carboxylic acids is 1. The van der Waals surface area contributed by atoms with Crippen LogP contribution in [-0.4, -0.2) is 5.78 Å². The molecule has 1 aromatic carbocycles. The molecule has 68 valence electrons. The van der Waals surface area contributed by atoms with Gasteiger partial charge in [0.1, 0.15) is 0 Å². The van der Waals surface area contributed by atoms with Crippen molar-refractivity contribution in [3.8, 4) is 0 Å². The first-order valence-electron chi connectivity index (χ1n) is 3.98. The summed E-state index contributed by atoms with van der Waals surface area (Å²) in [5.74, 6) is -0.0417. The molecular weight excluding hydrogens is 184 g/mol. The molecule has 0 saturated heterocycles. The Balaban J connectivity index is 3.21. The number of benzene rings is 1. The minimum absolute atomic E-state index is 0.0417. The monoisotopic (exact) mass is 194 g/mol. The third-order valence-corrected chi connectivity index (χ3v) is 2.07. The molecule has 0 atom stereocenters. The fraction of sp³-hybridized carbons (Fsp3) is 0.182. The van der Waals surface area contributed by atoms with E-state index >= 15 is 0 Å². The van der Waals surface area contributed by atoms with Crippen LogP contribution in [-0.2, 0) is 0 Å². The number of allylic oxidation sites excluding steroid dienone is 1. The Hall–Kier alpha value is -1.08. The minimum Gasteiger partial charge on any atom is -0.289 e. The second kappa shape index (κ2) is 3.75. The van der Waals surface area contributed by atoms with Gasteiger partial charge in [-0.25, -0.2) is 0 Å².